The van der Waals surface area contributed by atoms with E-state index in [4.69, 9.17) is 5.41 Å². The second kappa shape index (κ2) is 8.00. The summed E-state index contributed by atoms with van der Waals surface area (Å²) in [6.07, 6.45) is -2.57. The van der Waals surface area contributed by atoms with Crippen molar-refractivity contribution in [3.8, 4) is 0 Å². The van der Waals surface area contributed by atoms with E-state index in [1.54, 1.807) is 17.0 Å². The molecule has 0 unspecified atom stereocenters. The summed E-state index contributed by atoms with van der Waals surface area (Å²) in [4.78, 5) is 25.6. The minimum Gasteiger partial charge on any atom is -0.348 e. The van der Waals surface area contributed by atoms with E-state index < -0.39 is 12.1 Å². The van der Waals surface area contributed by atoms with Crippen LogP contribution in [-0.2, 0) is 4.79 Å². The van der Waals surface area contributed by atoms with Crippen LogP contribution in [-0.4, -0.2) is 48.7 Å². The van der Waals surface area contributed by atoms with Gasteiger partial charge in [-0.05, 0) is 41.2 Å². The summed E-state index contributed by atoms with van der Waals surface area (Å²) in [7, 11) is 0. The summed E-state index contributed by atoms with van der Waals surface area (Å²) in [5.74, 6) is -2.15. The summed E-state index contributed by atoms with van der Waals surface area (Å²) < 4.78 is 36.8. The molecule has 1 aliphatic rings. The van der Waals surface area contributed by atoms with E-state index >= 15 is 0 Å². The molecule has 8 heteroatoms. The Hall–Kier alpha value is -2.90. The molecule has 2 amide bonds. The average Bonchev–Trinajstić information content (AvgIpc) is 2.70. The molecule has 1 heterocycles. The van der Waals surface area contributed by atoms with Gasteiger partial charge >= 0.3 is 12.1 Å². The highest BCUT2D eigenvalue weighted by Gasteiger charge is 2.38. The van der Waals surface area contributed by atoms with Gasteiger partial charge in [0.1, 0.15) is 0 Å². The fourth-order valence-electron chi connectivity index (χ4n) is 3.48. The first-order valence-corrected chi connectivity index (χ1v) is 8.97. The van der Waals surface area contributed by atoms with Crippen molar-refractivity contribution in [1.82, 2.24) is 10.2 Å². The van der Waals surface area contributed by atoms with E-state index in [9.17, 15) is 22.8 Å². The van der Waals surface area contributed by atoms with Crippen LogP contribution < -0.4 is 5.32 Å². The molecule has 1 aliphatic heterocycles. The molecule has 3 rings (SSSR count). The zero-order valence-corrected chi connectivity index (χ0v) is 15.1. The largest absolute Gasteiger partial charge is 0.471 e. The summed E-state index contributed by atoms with van der Waals surface area (Å²) in [6.45, 7) is 0.801. The number of rotatable bonds is 4. The highest BCUT2D eigenvalue weighted by molar-refractivity contribution is 6.11. The lowest BCUT2D eigenvalue weighted by atomic mass is 9.95. The first kappa shape index (κ1) is 19.9. The topological polar surface area (TPSA) is 73.3 Å². The quantitative estimate of drug-likeness (QED) is 0.785. The van der Waals surface area contributed by atoms with E-state index in [-0.39, 0.29) is 18.4 Å². The number of hydrogen-bond donors (Lipinski definition) is 2. The number of nitrogens with zero attached hydrogens (tertiary/aromatic N) is 1. The zero-order valence-electron chi connectivity index (χ0n) is 15.1. The molecule has 0 atom stereocenters. The molecule has 1 fully saturated rings. The number of alkyl halides is 3. The molecule has 0 saturated carbocycles. The number of carbonyl (C=O) groups is 2. The number of likely N-dealkylation sites (tertiary alicyclic amines) is 1. The minimum absolute atomic E-state index is 0.0443. The summed E-state index contributed by atoms with van der Waals surface area (Å²) in [5, 5.41) is 11.0. The van der Waals surface area contributed by atoms with Crippen molar-refractivity contribution in [1.29, 1.82) is 5.41 Å². The molecule has 2 N–H and O–H groups in total. The lowest BCUT2D eigenvalue weighted by molar-refractivity contribution is -0.173. The Morgan fingerprint density at radius 2 is 1.75 bits per heavy atom. The van der Waals surface area contributed by atoms with Crippen LogP contribution in [0.25, 0.3) is 10.8 Å². The van der Waals surface area contributed by atoms with Crippen LogP contribution in [0.3, 0.4) is 0 Å². The highest BCUT2D eigenvalue weighted by atomic mass is 19.4. The molecular weight excluding hydrogens is 371 g/mol. The average molecular weight is 391 g/mol. The Kier molecular flexibility index (Phi) is 5.67. The van der Waals surface area contributed by atoms with Crippen LogP contribution in [0.2, 0.25) is 0 Å². The Labute approximate surface area is 160 Å². The standard InChI is InChI=1S/C20H20F3N3O2/c21-20(22,23)19(28)25-12-13-7-9-26(10-8-13)18(27)17-6-5-14(11-24)15-3-1-2-4-16(15)17/h1-6,11,13,24H,7-10,12H2,(H,25,28). The van der Waals surface area contributed by atoms with Gasteiger partial charge in [0.2, 0.25) is 0 Å². The van der Waals surface area contributed by atoms with Gasteiger partial charge < -0.3 is 15.6 Å². The molecule has 1 saturated heterocycles. The van der Waals surface area contributed by atoms with Crippen LogP contribution in [0.5, 0.6) is 0 Å². The summed E-state index contributed by atoms with van der Waals surface area (Å²) >= 11 is 0. The second-order valence-electron chi connectivity index (χ2n) is 6.84. The number of carbonyl (C=O) groups excluding carboxylic acids is 2. The van der Waals surface area contributed by atoms with Crippen molar-refractivity contribution in [2.45, 2.75) is 19.0 Å². The third-order valence-electron chi connectivity index (χ3n) is 5.05. The fraction of sp³-hybridized carbons (Fsp3) is 0.350. The van der Waals surface area contributed by atoms with Crippen LogP contribution in [0, 0.1) is 11.3 Å². The van der Waals surface area contributed by atoms with Crippen molar-refractivity contribution in [3.05, 3.63) is 47.5 Å². The summed E-state index contributed by atoms with van der Waals surface area (Å²) in [6, 6.07) is 10.8. The van der Waals surface area contributed by atoms with E-state index in [1.165, 1.54) is 6.21 Å². The number of amides is 2. The molecule has 5 nitrogen and oxygen atoms in total. The number of nitrogens with one attached hydrogen (secondary N) is 2. The Morgan fingerprint density at radius 1 is 1.11 bits per heavy atom. The van der Waals surface area contributed by atoms with Gasteiger partial charge in [0, 0.05) is 31.4 Å². The maximum atomic E-state index is 13.0. The molecule has 0 bridgehead atoms. The molecule has 0 aliphatic carbocycles. The predicted molar refractivity (Wildman–Crippen MR) is 99.5 cm³/mol. The van der Waals surface area contributed by atoms with Crippen molar-refractivity contribution < 1.29 is 22.8 Å². The van der Waals surface area contributed by atoms with Gasteiger partial charge in [0.25, 0.3) is 5.91 Å². The van der Waals surface area contributed by atoms with Gasteiger partial charge in [-0.3, -0.25) is 9.59 Å². The van der Waals surface area contributed by atoms with Gasteiger partial charge in [-0.25, -0.2) is 0 Å². The molecule has 148 valence electrons. The Morgan fingerprint density at radius 3 is 2.36 bits per heavy atom. The van der Waals surface area contributed by atoms with Gasteiger partial charge in [0.05, 0.1) is 0 Å². The van der Waals surface area contributed by atoms with Crippen molar-refractivity contribution >= 4 is 28.8 Å². The van der Waals surface area contributed by atoms with Gasteiger partial charge in [-0.1, -0.05) is 30.3 Å². The maximum Gasteiger partial charge on any atom is 0.471 e. The molecule has 2 aromatic rings. The van der Waals surface area contributed by atoms with E-state index in [0.717, 1.165) is 16.3 Å². The molecule has 28 heavy (non-hydrogen) atoms. The van der Waals surface area contributed by atoms with Crippen LogP contribution >= 0.6 is 0 Å². The number of benzene rings is 2. The lowest BCUT2D eigenvalue weighted by Crippen LogP contribution is -2.44. The highest BCUT2D eigenvalue weighted by Crippen LogP contribution is 2.25. The van der Waals surface area contributed by atoms with Crippen LogP contribution in [0.15, 0.2) is 36.4 Å². The molecule has 2 aromatic carbocycles. The van der Waals surface area contributed by atoms with Crippen LogP contribution in [0.4, 0.5) is 13.2 Å². The number of hydrogen-bond acceptors (Lipinski definition) is 3. The van der Waals surface area contributed by atoms with E-state index in [0.29, 0.717) is 31.5 Å². The summed E-state index contributed by atoms with van der Waals surface area (Å²) in [5.41, 5.74) is 1.27. The lowest BCUT2D eigenvalue weighted by Gasteiger charge is -2.32. The monoisotopic (exact) mass is 391 g/mol. The Bertz CT molecular complexity index is 903. The first-order chi connectivity index (χ1) is 13.3. The number of halogens is 3. The normalized spacial score (nSPS) is 15.5. The molecular formula is C20H20F3N3O2. The third kappa shape index (κ3) is 4.16. The first-order valence-electron chi connectivity index (χ1n) is 8.97. The van der Waals surface area contributed by atoms with Crippen LogP contribution in [0.1, 0.15) is 28.8 Å². The van der Waals surface area contributed by atoms with Crippen molar-refractivity contribution in [2.24, 2.45) is 5.92 Å². The predicted octanol–water partition coefficient (Wildman–Crippen LogP) is 3.37. The SMILES string of the molecule is N=Cc1ccc(C(=O)N2CCC(CNC(=O)C(F)(F)F)CC2)c2ccccc12. The maximum absolute atomic E-state index is 13.0. The third-order valence-corrected chi connectivity index (χ3v) is 5.05. The number of piperidine rings is 1. The second-order valence-corrected chi connectivity index (χ2v) is 6.84. The molecule has 0 spiro atoms. The molecule has 0 aromatic heterocycles. The minimum atomic E-state index is -4.87. The van der Waals surface area contributed by atoms with Gasteiger partial charge in [0.15, 0.2) is 0 Å². The fourth-order valence-corrected chi connectivity index (χ4v) is 3.48. The smallest absolute Gasteiger partial charge is 0.348 e. The van der Waals surface area contributed by atoms with E-state index in [1.807, 2.05) is 29.6 Å². The van der Waals surface area contributed by atoms with Gasteiger partial charge in [-0.2, -0.15) is 13.2 Å². The Balaban J connectivity index is 1.66. The van der Waals surface area contributed by atoms with Crippen molar-refractivity contribution in [2.75, 3.05) is 19.6 Å². The van der Waals surface area contributed by atoms with Crippen molar-refractivity contribution in [3.63, 3.8) is 0 Å². The van der Waals surface area contributed by atoms with Gasteiger partial charge in [-0.15, -0.1) is 0 Å². The van der Waals surface area contributed by atoms with E-state index in [2.05, 4.69) is 0 Å². The zero-order chi connectivity index (χ0) is 20.3. The molecule has 0 radical (unpaired) electrons. The number of fused-ring (bicyclic) bond motifs is 1.